The molecule has 0 aliphatic heterocycles. The molecule has 0 saturated heterocycles. The highest BCUT2D eigenvalue weighted by Gasteiger charge is 2.34. The molecule has 0 rings (SSSR count). The predicted molar refractivity (Wildman–Crippen MR) is 62.5 cm³/mol. The molecule has 1 unspecified atom stereocenters. The van der Waals surface area contributed by atoms with Gasteiger partial charge in [-0.3, -0.25) is 18.1 Å². The summed E-state index contributed by atoms with van der Waals surface area (Å²) in [6.07, 6.45) is 1.54. The fourth-order valence-electron chi connectivity index (χ4n) is 0.924. The van der Waals surface area contributed by atoms with E-state index in [1.165, 1.54) is 0 Å². The zero-order chi connectivity index (χ0) is 11.7. The van der Waals surface area contributed by atoms with Crippen LogP contribution in [-0.2, 0) is 18.1 Å². The first-order chi connectivity index (χ1) is 7.14. The van der Waals surface area contributed by atoms with Crippen LogP contribution in [0.3, 0.4) is 0 Å². The average Bonchev–Trinajstić information content (AvgIpc) is 2.18. The van der Waals surface area contributed by atoms with Gasteiger partial charge in [0.05, 0.1) is 25.9 Å². The quantitative estimate of drug-likeness (QED) is 0.455. The van der Waals surface area contributed by atoms with Crippen LogP contribution >= 0.6 is 8.17 Å². The Hall–Kier alpha value is 0.0100. The van der Waals surface area contributed by atoms with Crippen molar-refractivity contribution < 1.29 is 18.1 Å². The van der Waals surface area contributed by atoms with Crippen molar-refractivity contribution in [1.82, 2.24) is 0 Å². The molecule has 0 amide bonds. The lowest BCUT2D eigenvalue weighted by molar-refractivity contribution is 0.0500. The van der Waals surface area contributed by atoms with Crippen LogP contribution in [-0.4, -0.2) is 25.9 Å². The Morgan fingerprint density at radius 3 is 1.73 bits per heavy atom. The highest BCUT2D eigenvalue weighted by molar-refractivity contribution is 7.56. The molecule has 0 aliphatic rings. The molecule has 1 radical (unpaired) electrons. The fourth-order valence-corrected chi connectivity index (χ4v) is 2.77. The lowest BCUT2D eigenvalue weighted by atomic mass is 10.4. The van der Waals surface area contributed by atoms with Gasteiger partial charge in [-0.25, -0.2) is 0 Å². The van der Waals surface area contributed by atoms with Crippen LogP contribution in [0.15, 0.2) is 12.7 Å². The average molecular weight is 237 g/mol. The third-order valence-electron chi connectivity index (χ3n) is 1.49. The molecule has 5 heteroatoms. The molecule has 0 heterocycles. The Morgan fingerprint density at radius 2 is 1.47 bits per heavy atom. The van der Waals surface area contributed by atoms with Gasteiger partial charge in [-0.15, -0.1) is 6.58 Å². The van der Waals surface area contributed by atoms with Gasteiger partial charge in [0, 0.05) is 0 Å². The third-order valence-corrected chi connectivity index (χ3v) is 3.80. The summed E-state index contributed by atoms with van der Waals surface area (Å²) in [7, 11) is -2.64. The van der Waals surface area contributed by atoms with E-state index in [9.17, 15) is 0 Å². The Bertz CT molecular complexity index is 158. The van der Waals surface area contributed by atoms with Crippen molar-refractivity contribution in [3.05, 3.63) is 12.7 Å². The monoisotopic (exact) mass is 237 g/mol. The van der Waals surface area contributed by atoms with Gasteiger partial charge in [-0.05, 0) is 27.7 Å². The lowest BCUT2D eigenvalue weighted by Crippen LogP contribution is -2.15. The molecule has 15 heavy (non-hydrogen) atoms. The van der Waals surface area contributed by atoms with Crippen molar-refractivity contribution in [2.24, 2.45) is 0 Å². The maximum absolute atomic E-state index is 5.63. The van der Waals surface area contributed by atoms with Crippen molar-refractivity contribution in [1.29, 1.82) is 0 Å². The molecule has 0 N–H and O–H groups in total. The van der Waals surface area contributed by atoms with Crippen LogP contribution in [0.25, 0.3) is 0 Å². The van der Waals surface area contributed by atoms with E-state index >= 15 is 0 Å². The molecule has 0 fully saturated rings. The lowest BCUT2D eigenvalue weighted by Gasteiger charge is -2.33. The van der Waals surface area contributed by atoms with Crippen LogP contribution in [0.2, 0.25) is 0 Å². The minimum absolute atomic E-state index is 0.150. The molecule has 0 aromatic heterocycles. The zero-order valence-corrected chi connectivity index (χ0v) is 11.0. The SMILES string of the molecule is C=CC(C)O[P](OCC)(OCC)OCC. The van der Waals surface area contributed by atoms with Gasteiger partial charge in [0.1, 0.15) is 0 Å². The van der Waals surface area contributed by atoms with E-state index in [4.69, 9.17) is 18.1 Å². The topological polar surface area (TPSA) is 36.9 Å². The number of hydrogen-bond donors (Lipinski definition) is 0. The van der Waals surface area contributed by atoms with Crippen molar-refractivity contribution in [2.45, 2.75) is 33.8 Å². The normalized spacial score (nSPS) is 13.9. The molecule has 0 spiro atoms. The molecule has 4 nitrogen and oxygen atoms in total. The molecule has 0 aliphatic carbocycles. The van der Waals surface area contributed by atoms with Gasteiger partial charge in [0.2, 0.25) is 0 Å². The Labute approximate surface area is 93.2 Å². The van der Waals surface area contributed by atoms with E-state index in [1.54, 1.807) is 6.08 Å². The minimum Gasteiger partial charge on any atom is -0.299 e. The summed E-state index contributed by atoms with van der Waals surface area (Å²) in [5.74, 6) is 0. The van der Waals surface area contributed by atoms with E-state index in [1.807, 2.05) is 27.7 Å². The second kappa shape index (κ2) is 8.20. The second-order valence-electron chi connectivity index (χ2n) is 2.75. The summed E-state index contributed by atoms with van der Waals surface area (Å²) in [6.45, 7) is 12.7. The fraction of sp³-hybridized carbons (Fsp3) is 0.800. The highest BCUT2D eigenvalue weighted by atomic mass is 31.2. The summed E-state index contributed by atoms with van der Waals surface area (Å²) in [5, 5.41) is 0. The molecule has 1 atom stereocenters. The van der Waals surface area contributed by atoms with Crippen LogP contribution in [0.5, 0.6) is 0 Å². The molecule has 0 bridgehead atoms. The summed E-state index contributed by atoms with van der Waals surface area (Å²) in [5.41, 5.74) is 0. The van der Waals surface area contributed by atoms with Gasteiger partial charge in [0.15, 0.2) is 0 Å². The smallest absolute Gasteiger partial charge is 0.299 e. The van der Waals surface area contributed by atoms with Gasteiger partial charge >= 0.3 is 8.17 Å². The molecule has 0 saturated carbocycles. The molecular formula is C10H22O4P. The summed E-state index contributed by atoms with van der Waals surface area (Å²) in [4.78, 5) is 0. The van der Waals surface area contributed by atoms with E-state index in [0.29, 0.717) is 19.8 Å². The van der Waals surface area contributed by atoms with Crippen LogP contribution in [0, 0.1) is 0 Å². The van der Waals surface area contributed by atoms with Gasteiger partial charge < -0.3 is 0 Å². The van der Waals surface area contributed by atoms with Gasteiger partial charge in [-0.1, -0.05) is 6.08 Å². The van der Waals surface area contributed by atoms with Crippen molar-refractivity contribution in [3.8, 4) is 0 Å². The van der Waals surface area contributed by atoms with Crippen molar-refractivity contribution >= 4 is 8.17 Å². The first-order valence-corrected chi connectivity index (χ1v) is 6.73. The summed E-state index contributed by atoms with van der Waals surface area (Å²) in [6, 6.07) is 0. The standard InChI is InChI=1S/C10H22O4P/c1-6-10(5)14-15(11-7-2,12-8-3)13-9-4/h6,10H,1,7-9H2,2-5H3. The largest absolute Gasteiger partial charge is 0.380 e. The Kier molecular flexibility index (Phi) is 8.20. The number of hydrogen-bond acceptors (Lipinski definition) is 4. The molecule has 0 aromatic rings. The second-order valence-corrected chi connectivity index (χ2v) is 4.63. The molecule has 91 valence electrons. The van der Waals surface area contributed by atoms with E-state index in [0.717, 1.165) is 0 Å². The Balaban J connectivity index is 4.51. The van der Waals surface area contributed by atoms with E-state index in [2.05, 4.69) is 6.58 Å². The van der Waals surface area contributed by atoms with Gasteiger partial charge in [0.25, 0.3) is 0 Å². The van der Waals surface area contributed by atoms with Crippen molar-refractivity contribution in [3.63, 3.8) is 0 Å². The maximum atomic E-state index is 5.63. The van der Waals surface area contributed by atoms with Crippen LogP contribution in [0.4, 0.5) is 0 Å². The number of rotatable bonds is 9. The highest BCUT2D eigenvalue weighted by Crippen LogP contribution is 2.63. The predicted octanol–water partition coefficient (Wildman–Crippen LogP) is 3.36. The van der Waals surface area contributed by atoms with E-state index in [-0.39, 0.29) is 6.10 Å². The summed E-state index contributed by atoms with van der Waals surface area (Å²) >= 11 is 0. The first-order valence-electron chi connectivity index (χ1n) is 5.27. The molecular weight excluding hydrogens is 215 g/mol. The van der Waals surface area contributed by atoms with Crippen LogP contribution in [0.1, 0.15) is 27.7 Å². The van der Waals surface area contributed by atoms with Crippen LogP contribution < -0.4 is 0 Å². The van der Waals surface area contributed by atoms with E-state index < -0.39 is 8.17 Å². The zero-order valence-electron chi connectivity index (χ0n) is 10.1. The third kappa shape index (κ3) is 5.59. The first kappa shape index (κ1) is 15.0. The van der Waals surface area contributed by atoms with Gasteiger partial charge in [-0.2, -0.15) is 0 Å². The molecule has 0 aromatic carbocycles. The summed E-state index contributed by atoms with van der Waals surface area (Å²) < 4.78 is 22.1. The van der Waals surface area contributed by atoms with Crippen molar-refractivity contribution in [2.75, 3.05) is 19.8 Å². The maximum Gasteiger partial charge on any atom is 0.380 e. The Morgan fingerprint density at radius 1 is 1.07 bits per heavy atom. The minimum atomic E-state index is -2.64.